The Bertz CT molecular complexity index is 5550. The topological polar surface area (TPSA) is 713 Å². The minimum absolute atomic E-state index is 0.000624. The number of hydrogen-bond acceptors (Lipinski definition) is 27. The molecule has 0 radical (unpaired) electrons. The average molecular weight is 2020 g/mol. The van der Waals surface area contributed by atoms with Crippen LogP contribution in [0.15, 0.2) is 103 Å². The number of aromatic amines is 2. The Morgan fingerprint density at radius 3 is 1.49 bits per heavy atom. The standard InChI is InChI=1S/C93H126N22O25S2/c1-51(116)80(110-87(135)64(100-52(2)117)37-56-43-98-60-19-10-8-17-58(56)60)91(139)107-69(42-93(3,4)5)88(136)109-70-49-141-142-50-71(90(138)106-68(92(140)115-26-14-22-72(115)81(96)129)38-57-44-99-61-20-11-9-18-59(57)61)108-86(134)67(41-76(121)122)105-82(130)62(21-12-13-25-97-75(120)45-111-27-29-112(46-77(123)124)31-33-114(48-79(127)128)34-32-113(30-28-111)47-78(125)126)101-83(131)63(36-53-23-24-54-15-6-7-16-55(54)35-53)102-84(132)65(39-73(94)118)103-85(133)66(40-74(95)119)104-89(70)137/h6-11,15-20,23-24,35,43-44,51,62-72,80,98-99,116H,12-14,21-22,25-34,36-42,45-50H2,1-5H3,(H2,94,118)(H2,95,119)(H2,96,129)(H,97,120)(H,100,117)(H,101,131)(H,102,132)(H,103,133)(H,104,137)(H,105,130)(H,106,138)(H,107,139)(H,108,134)(H,109,136)(H,110,135)(H,121,122)(H,123,124)(H,125,126)(H,127,128)/t51-,62+,63+,64+,65+,66+,67+,68+,69+,70+,71+,72+,80+/m1/s1. The number of aliphatic hydroxyl groups excluding tert-OH is 1. The van der Waals surface area contributed by atoms with Gasteiger partial charge < -0.3 is 121 Å². The van der Waals surface area contributed by atoms with Crippen LogP contribution >= 0.6 is 21.6 Å². The van der Waals surface area contributed by atoms with Crippen LogP contribution in [0.2, 0.25) is 0 Å². The Morgan fingerprint density at radius 2 is 0.972 bits per heavy atom. The van der Waals surface area contributed by atoms with E-state index in [0.29, 0.717) is 77.3 Å². The number of aromatic nitrogens is 2. The first-order valence-electron chi connectivity index (χ1n) is 46.3. The number of rotatable bonds is 38. The van der Waals surface area contributed by atoms with Gasteiger partial charge in [-0.2, -0.15) is 0 Å². The lowest BCUT2D eigenvalue weighted by Gasteiger charge is -2.32. The highest BCUT2D eigenvalue weighted by molar-refractivity contribution is 8.76. The number of carboxylic acid groups (broad SMARTS) is 4. The fourth-order valence-electron chi connectivity index (χ4n) is 16.8. The highest BCUT2D eigenvalue weighted by atomic mass is 33.1. The van der Waals surface area contributed by atoms with Crippen LogP contribution in [0.25, 0.3) is 32.6 Å². The third-order valence-electron chi connectivity index (χ3n) is 23.9. The molecule has 0 saturated carbocycles. The molecule has 3 aliphatic heterocycles. The predicted octanol–water partition coefficient (Wildman–Crippen LogP) is -4.14. The fourth-order valence-corrected chi connectivity index (χ4v) is 19.1. The number of benzene rings is 4. The van der Waals surface area contributed by atoms with E-state index in [4.69, 9.17) is 17.2 Å². The molecule has 3 aliphatic rings. The van der Waals surface area contributed by atoms with Crippen molar-refractivity contribution in [2.45, 2.75) is 190 Å². The van der Waals surface area contributed by atoms with Gasteiger partial charge in [0, 0.05) is 137 Å². The number of unbranched alkanes of at least 4 members (excludes halogenated alkanes) is 1. The number of likely N-dealkylation sites (tertiary alicyclic amines) is 1. The van der Waals surface area contributed by atoms with Gasteiger partial charge in [-0.3, -0.25) is 115 Å². The molecular weight excluding hydrogens is 1890 g/mol. The van der Waals surface area contributed by atoms with Crippen molar-refractivity contribution >= 4 is 173 Å². The highest BCUT2D eigenvalue weighted by Gasteiger charge is 2.43. The van der Waals surface area contributed by atoms with Gasteiger partial charge in [0.15, 0.2) is 0 Å². The molecule has 47 nitrogen and oxygen atoms in total. The number of nitrogens with zero attached hydrogens (tertiary/aromatic N) is 5. The molecule has 0 unspecified atom stereocenters. The number of amides is 16. The average Bonchev–Trinajstić information content (AvgIpc) is 1.66. The normalized spacial score (nSPS) is 20.9. The second-order valence-corrected chi connectivity index (χ2v) is 39.1. The van der Waals surface area contributed by atoms with Gasteiger partial charge in [-0.05, 0) is 90.5 Å². The van der Waals surface area contributed by atoms with Crippen LogP contribution < -0.4 is 81.0 Å². The number of aliphatic hydroxyl groups is 1. The van der Waals surface area contributed by atoms with Gasteiger partial charge in [-0.15, -0.1) is 0 Å². The van der Waals surface area contributed by atoms with Crippen LogP contribution in [0.1, 0.15) is 109 Å². The summed E-state index contributed by atoms with van der Waals surface area (Å²) in [7, 11) is 1.35. The maximum absolute atomic E-state index is 15.6. The van der Waals surface area contributed by atoms with E-state index < -0.39 is 266 Å². The van der Waals surface area contributed by atoms with E-state index in [9.17, 15) is 78.3 Å². The second kappa shape index (κ2) is 53.7. The quantitative estimate of drug-likeness (QED) is 0.0129. The monoisotopic (exact) mass is 2010 g/mol. The molecule has 0 bridgehead atoms. The molecule has 3 fully saturated rings. The number of carboxylic acids is 4. The van der Waals surface area contributed by atoms with Gasteiger partial charge in [0.1, 0.15) is 72.5 Å². The number of H-pyrrole nitrogens is 2. The number of hydrogen-bond donors (Lipinski definition) is 22. The lowest BCUT2D eigenvalue weighted by molar-refractivity contribution is -0.142. The Labute approximate surface area is 824 Å². The summed E-state index contributed by atoms with van der Waals surface area (Å²) >= 11 is 0. The van der Waals surface area contributed by atoms with E-state index in [-0.39, 0.29) is 111 Å². The second-order valence-electron chi connectivity index (χ2n) is 36.5. The highest BCUT2D eigenvalue weighted by Crippen LogP contribution is 2.29. The number of carbonyl (C=O) groups is 20. The predicted molar refractivity (Wildman–Crippen MR) is 519 cm³/mol. The molecule has 3 saturated heterocycles. The van der Waals surface area contributed by atoms with Crippen LogP contribution in [-0.4, -0.2) is 360 Å². The number of nitrogens with two attached hydrogens (primary N) is 3. The SMILES string of the molecule is CC(=O)N[C@@H](Cc1c[nH]c2ccccc12)C(=O)N[C@H](C(=O)N[C@@H](CC(C)(C)C)C(=O)N[C@H]1CSSC[C@@H](C(=O)N[C@@H](Cc2c[nH]c3ccccc23)C(=O)N2CCC[C@H]2C(N)=O)NC(=O)[C@H](CC(=O)O)NC(=O)[C@H](CCCCNC(=O)CN2CCN(CC(=O)O)CCN(CC(=O)O)CCN(CC(=O)O)CC2)NC(=O)[C@H](Cc2ccc3ccccc3c2)NC(=O)[C@H](CC(N)=O)NC(=O)[C@H](CC(N)=O)NC1=O)[C@@H](C)O. The van der Waals surface area contributed by atoms with E-state index in [1.807, 2.05) is 0 Å². The first-order valence-corrected chi connectivity index (χ1v) is 48.8. The third kappa shape index (κ3) is 35.4. The molecule has 49 heteroatoms. The third-order valence-corrected chi connectivity index (χ3v) is 26.3. The first kappa shape index (κ1) is 112. The summed E-state index contributed by atoms with van der Waals surface area (Å²) in [5, 5.41) is 84.3. The molecule has 770 valence electrons. The van der Waals surface area contributed by atoms with Crippen LogP contribution in [0.4, 0.5) is 0 Å². The Hall–Kier alpha value is -13.9. The molecule has 2 aromatic heterocycles. The summed E-state index contributed by atoms with van der Waals surface area (Å²) < 4.78 is 0. The molecule has 4 aromatic carbocycles. The van der Waals surface area contributed by atoms with Crippen molar-refractivity contribution in [1.82, 2.24) is 98.3 Å². The van der Waals surface area contributed by atoms with E-state index in [1.54, 1.807) is 144 Å². The van der Waals surface area contributed by atoms with Gasteiger partial charge in [0.05, 0.1) is 51.5 Å². The number of carbonyl (C=O) groups excluding carboxylic acids is 16. The van der Waals surface area contributed by atoms with Crippen molar-refractivity contribution in [3.8, 4) is 0 Å². The zero-order valence-electron chi connectivity index (χ0n) is 79.3. The number of aliphatic carboxylic acids is 4. The summed E-state index contributed by atoms with van der Waals surface area (Å²) in [5.74, 6) is -24.3. The van der Waals surface area contributed by atoms with Crippen molar-refractivity contribution in [3.05, 3.63) is 120 Å². The maximum Gasteiger partial charge on any atom is 0.317 e. The van der Waals surface area contributed by atoms with Crippen molar-refractivity contribution in [2.24, 2.45) is 22.6 Å². The van der Waals surface area contributed by atoms with Crippen molar-refractivity contribution in [3.63, 3.8) is 0 Å². The minimum atomic E-state index is -2.21. The van der Waals surface area contributed by atoms with Gasteiger partial charge in [-0.25, -0.2) is 0 Å². The van der Waals surface area contributed by atoms with Crippen molar-refractivity contribution < 1.29 is 121 Å². The van der Waals surface area contributed by atoms with E-state index in [0.717, 1.165) is 13.8 Å². The molecular formula is C93H126N22O25S2. The van der Waals surface area contributed by atoms with Gasteiger partial charge in [0.2, 0.25) is 94.5 Å². The molecule has 9 rings (SSSR count). The van der Waals surface area contributed by atoms with E-state index >= 15 is 43.2 Å². The molecule has 16 amide bonds. The van der Waals surface area contributed by atoms with E-state index in [2.05, 4.69) is 73.8 Å². The molecule has 13 atom stereocenters. The molecule has 0 aliphatic carbocycles. The summed E-state index contributed by atoms with van der Waals surface area (Å²) in [6.07, 6.45) is -3.19. The van der Waals surface area contributed by atoms with Crippen molar-refractivity contribution in [2.75, 3.05) is 103 Å². The first-order chi connectivity index (χ1) is 67.3. The minimum Gasteiger partial charge on any atom is -0.481 e. The largest absolute Gasteiger partial charge is 0.481 e. The lowest BCUT2D eigenvalue weighted by Crippen LogP contribution is -2.62. The number of primary amides is 3. The molecule has 25 N–H and O–H groups in total. The molecule has 142 heavy (non-hydrogen) atoms. The zero-order chi connectivity index (χ0) is 104. The zero-order valence-corrected chi connectivity index (χ0v) is 80.9. The van der Waals surface area contributed by atoms with Crippen LogP contribution in [0.3, 0.4) is 0 Å². The molecule has 5 heterocycles. The van der Waals surface area contributed by atoms with Gasteiger partial charge in [0.25, 0.3) is 0 Å². The molecule has 0 spiro atoms. The summed E-state index contributed by atoms with van der Waals surface area (Å²) in [6.45, 7) is 6.27. The van der Waals surface area contributed by atoms with Gasteiger partial charge >= 0.3 is 23.9 Å². The number of para-hydroxylation sites is 2. The van der Waals surface area contributed by atoms with Crippen LogP contribution in [0.5, 0.6) is 0 Å². The fraction of sp³-hybridized carbons (Fsp3) is 0.505. The van der Waals surface area contributed by atoms with Crippen molar-refractivity contribution in [1.29, 1.82) is 0 Å². The van der Waals surface area contributed by atoms with Gasteiger partial charge in [-0.1, -0.05) is 121 Å². The lowest BCUT2D eigenvalue weighted by atomic mass is 9.87. The number of fused-ring (bicyclic) bond motifs is 3. The maximum atomic E-state index is 15.6. The Balaban J connectivity index is 1.08. The Morgan fingerprint density at radius 1 is 0.493 bits per heavy atom. The van der Waals surface area contributed by atoms with Crippen LogP contribution in [-0.2, 0) is 115 Å². The number of nitrogens with one attached hydrogen (secondary N) is 14. The summed E-state index contributed by atoms with van der Waals surface area (Å²) in [5.41, 5.74) is 19.2. The Kier molecular flexibility index (Phi) is 42.2. The summed E-state index contributed by atoms with van der Waals surface area (Å²) in [4.78, 5) is 296. The van der Waals surface area contributed by atoms with Crippen LogP contribution in [0, 0.1) is 5.41 Å². The van der Waals surface area contributed by atoms with E-state index in [1.165, 1.54) is 4.90 Å². The summed E-state index contributed by atoms with van der Waals surface area (Å²) in [6, 6.07) is 4.12. The molecule has 6 aromatic rings. The smallest absolute Gasteiger partial charge is 0.317 e.